The number of nitrogens with zero attached hydrogens (tertiary/aromatic N) is 1. The molecule has 0 amide bonds. The first-order valence-electron chi connectivity index (χ1n) is 8.18. The third-order valence-corrected chi connectivity index (χ3v) is 5.18. The Morgan fingerprint density at radius 2 is 1.57 bits per heavy atom. The lowest BCUT2D eigenvalue weighted by Crippen LogP contribution is -2.42. The van der Waals surface area contributed by atoms with E-state index < -0.39 is 13.0 Å². The molecule has 0 aromatic heterocycles. The van der Waals surface area contributed by atoms with E-state index in [-0.39, 0.29) is 24.2 Å². The second kappa shape index (κ2) is 5.45. The third-order valence-electron chi connectivity index (χ3n) is 5.18. The smallest absolute Gasteiger partial charge is 0.399 e. The molecule has 0 atom stereocenters. The zero-order chi connectivity index (χ0) is 16.9. The molecule has 2 fully saturated rings. The van der Waals surface area contributed by atoms with Crippen molar-refractivity contribution in [1.29, 1.82) is 0 Å². The number of alkyl halides is 2. The van der Waals surface area contributed by atoms with Gasteiger partial charge in [0.25, 0.3) is 5.92 Å². The SMILES string of the molecule is CC1(C)OB(c2ccc(N3CCCC(F)(F)C3)cc2)OC1(C)C. The van der Waals surface area contributed by atoms with Crippen molar-refractivity contribution in [3.63, 3.8) is 0 Å². The van der Waals surface area contributed by atoms with Gasteiger partial charge in [0.05, 0.1) is 17.7 Å². The molecule has 0 saturated carbocycles. The summed E-state index contributed by atoms with van der Waals surface area (Å²) in [6.45, 7) is 8.51. The number of halogens is 2. The van der Waals surface area contributed by atoms with Gasteiger partial charge in [-0.05, 0) is 51.7 Å². The van der Waals surface area contributed by atoms with Crippen LogP contribution in [0.15, 0.2) is 24.3 Å². The highest BCUT2D eigenvalue weighted by atomic mass is 19.3. The van der Waals surface area contributed by atoms with Crippen LogP contribution in [-0.4, -0.2) is 37.3 Å². The Hall–Kier alpha value is -1.14. The van der Waals surface area contributed by atoms with Gasteiger partial charge < -0.3 is 14.2 Å². The Balaban J connectivity index is 1.73. The summed E-state index contributed by atoms with van der Waals surface area (Å²) in [5.74, 6) is -2.59. The summed E-state index contributed by atoms with van der Waals surface area (Å²) < 4.78 is 39.1. The van der Waals surface area contributed by atoms with E-state index in [1.165, 1.54) is 0 Å². The number of rotatable bonds is 2. The molecule has 1 aromatic rings. The maximum absolute atomic E-state index is 13.6. The fourth-order valence-electron chi connectivity index (χ4n) is 3.01. The van der Waals surface area contributed by atoms with E-state index in [1.807, 2.05) is 52.0 Å². The van der Waals surface area contributed by atoms with E-state index in [9.17, 15) is 8.78 Å². The lowest BCUT2D eigenvalue weighted by atomic mass is 9.79. The summed E-state index contributed by atoms with van der Waals surface area (Å²) >= 11 is 0. The largest absolute Gasteiger partial charge is 0.494 e. The Morgan fingerprint density at radius 3 is 2.09 bits per heavy atom. The maximum atomic E-state index is 13.6. The topological polar surface area (TPSA) is 21.7 Å². The van der Waals surface area contributed by atoms with Crippen molar-refractivity contribution >= 4 is 18.3 Å². The van der Waals surface area contributed by atoms with Crippen molar-refractivity contribution < 1.29 is 18.1 Å². The van der Waals surface area contributed by atoms with Gasteiger partial charge in [-0.3, -0.25) is 0 Å². The Morgan fingerprint density at radius 1 is 1.00 bits per heavy atom. The quantitative estimate of drug-likeness (QED) is 0.780. The predicted molar refractivity (Wildman–Crippen MR) is 88.6 cm³/mol. The van der Waals surface area contributed by atoms with Gasteiger partial charge in [-0.15, -0.1) is 0 Å². The van der Waals surface area contributed by atoms with Gasteiger partial charge in [-0.2, -0.15) is 0 Å². The van der Waals surface area contributed by atoms with Crippen molar-refractivity contribution in [1.82, 2.24) is 0 Å². The van der Waals surface area contributed by atoms with Gasteiger partial charge in [0, 0.05) is 18.7 Å². The van der Waals surface area contributed by atoms with Crippen LogP contribution in [0.3, 0.4) is 0 Å². The van der Waals surface area contributed by atoms with E-state index >= 15 is 0 Å². The first kappa shape index (κ1) is 16.7. The van der Waals surface area contributed by atoms with Crippen molar-refractivity contribution in [3.05, 3.63) is 24.3 Å². The number of piperidine rings is 1. The minimum absolute atomic E-state index is 0.0184. The monoisotopic (exact) mass is 323 g/mol. The first-order valence-corrected chi connectivity index (χ1v) is 8.18. The molecule has 23 heavy (non-hydrogen) atoms. The van der Waals surface area contributed by atoms with E-state index in [4.69, 9.17) is 9.31 Å². The predicted octanol–water partition coefficient (Wildman–Crippen LogP) is 3.22. The highest BCUT2D eigenvalue weighted by molar-refractivity contribution is 6.62. The molecule has 6 heteroatoms. The molecule has 126 valence electrons. The minimum atomic E-state index is -2.59. The molecule has 2 heterocycles. The van der Waals surface area contributed by atoms with Gasteiger partial charge in [-0.25, -0.2) is 8.78 Å². The molecule has 3 nitrogen and oxygen atoms in total. The number of hydrogen-bond donors (Lipinski definition) is 0. The molecular weight excluding hydrogens is 299 g/mol. The third kappa shape index (κ3) is 3.24. The van der Waals surface area contributed by atoms with Crippen LogP contribution in [0.5, 0.6) is 0 Å². The molecule has 0 bridgehead atoms. The zero-order valence-electron chi connectivity index (χ0n) is 14.2. The minimum Gasteiger partial charge on any atom is -0.399 e. The summed E-state index contributed by atoms with van der Waals surface area (Å²) in [6.07, 6.45) is 0.501. The maximum Gasteiger partial charge on any atom is 0.494 e. The average Bonchev–Trinajstić information content (AvgIpc) is 2.66. The molecule has 0 spiro atoms. The van der Waals surface area contributed by atoms with Crippen LogP contribution < -0.4 is 10.4 Å². The molecule has 0 radical (unpaired) electrons. The average molecular weight is 323 g/mol. The summed E-state index contributed by atoms with van der Waals surface area (Å²) in [5, 5.41) is 0. The molecule has 0 N–H and O–H groups in total. The van der Waals surface area contributed by atoms with Crippen LogP contribution in [0, 0.1) is 0 Å². The van der Waals surface area contributed by atoms with Crippen molar-refractivity contribution in [2.24, 2.45) is 0 Å². The summed E-state index contributed by atoms with van der Waals surface area (Å²) in [5.41, 5.74) is 0.970. The molecule has 0 unspecified atom stereocenters. The zero-order valence-corrected chi connectivity index (χ0v) is 14.2. The van der Waals surface area contributed by atoms with Gasteiger partial charge in [0.2, 0.25) is 0 Å². The lowest BCUT2D eigenvalue weighted by molar-refractivity contribution is -0.0116. The lowest BCUT2D eigenvalue weighted by Gasteiger charge is -2.34. The van der Waals surface area contributed by atoms with Crippen molar-refractivity contribution in [2.45, 2.75) is 57.7 Å². The highest BCUT2D eigenvalue weighted by Crippen LogP contribution is 2.36. The van der Waals surface area contributed by atoms with E-state index in [0.29, 0.717) is 13.0 Å². The standard InChI is InChI=1S/C17H24BF2NO2/c1-15(2)16(3,4)23-18(22-15)13-6-8-14(9-7-13)21-11-5-10-17(19,20)12-21/h6-9H,5,10-12H2,1-4H3. The van der Waals surface area contributed by atoms with E-state index in [1.54, 1.807) is 4.90 Å². The van der Waals surface area contributed by atoms with Gasteiger partial charge in [0.15, 0.2) is 0 Å². The van der Waals surface area contributed by atoms with Gasteiger partial charge in [0.1, 0.15) is 0 Å². The van der Waals surface area contributed by atoms with Crippen LogP contribution in [0.2, 0.25) is 0 Å². The molecule has 3 rings (SSSR count). The summed E-state index contributed by atoms with van der Waals surface area (Å²) in [6, 6.07) is 7.57. The van der Waals surface area contributed by atoms with Crippen molar-refractivity contribution in [2.75, 3.05) is 18.0 Å². The summed E-state index contributed by atoms with van der Waals surface area (Å²) in [4.78, 5) is 1.75. The van der Waals surface area contributed by atoms with E-state index in [0.717, 1.165) is 11.2 Å². The van der Waals surface area contributed by atoms with Crippen molar-refractivity contribution in [3.8, 4) is 0 Å². The number of hydrogen-bond acceptors (Lipinski definition) is 3. The number of benzene rings is 1. The van der Waals surface area contributed by atoms with Crippen LogP contribution in [-0.2, 0) is 9.31 Å². The second-order valence-electron chi connectivity index (χ2n) is 7.56. The Kier molecular flexibility index (Phi) is 3.96. The molecule has 0 aliphatic carbocycles. The van der Waals surface area contributed by atoms with Crippen LogP contribution in [0.4, 0.5) is 14.5 Å². The normalized spacial score (nSPS) is 25.7. The Bertz CT molecular complexity index is 558. The molecule has 2 aliphatic rings. The fraction of sp³-hybridized carbons (Fsp3) is 0.647. The molecule has 2 aliphatic heterocycles. The Labute approximate surface area is 137 Å². The van der Waals surface area contributed by atoms with Crippen LogP contribution in [0.1, 0.15) is 40.5 Å². The summed E-state index contributed by atoms with van der Waals surface area (Å²) in [7, 11) is -0.420. The fourth-order valence-corrected chi connectivity index (χ4v) is 3.01. The first-order chi connectivity index (χ1) is 10.6. The van der Waals surface area contributed by atoms with Crippen LogP contribution >= 0.6 is 0 Å². The molecular formula is C17H24BF2NO2. The molecule has 2 saturated heterocycles. The number of anilines is 1. The van der Waals surface area contributed by atoms with Crippen LogP contribution in [0.25, 0.3) is 0 Å². The van der Waals surface area contributed by atoms with E-state index in [2.05, 4.69) is 0 Å². The second-order valence-corrected chi connectivity index (χ2v) is 7.56. The highest BCUT2D eigenvalue weighted by Gasteiger charge is 2.51. The van der Waals surface area contributed by atoms with Gasteiger partial charge in [-0.1, -0.05) is 12.1 Å². The molecule has 1 aromatic carbocycles. The van der Waals surface area contributed by atoms with Gasteiger partial charge >= 0.3 is 7.12 Å².